The average Bonchev–Trinajstić information content (AvgIpc) is 3.20. The summed E-state index contributed by atoms with van der Waals surface area (Å²) in [6, 6.07) is 7.42. The van der Waals surface area contributed by atoms with Crippen molar-refractivity contribution in [2.75, 3.05) is 6.61 Å². The van der Waals surface area contributed by atoms with Gasteiger partial charge in [0, 0.05) is 35.9 Å². The van der Waals surface area contributed by atoms with E-state index in [9.17, 15) is 13.6 Å². The number of hydrogen-bond donors (Lipinski definition) is 0. The Morgan fingerprint density at radius 1 is 1.29 bits per heavy atom. The molecule has 2 heterocycles. The van der Waals surface area contributed by atoms with Crippen LogP contribution in [0.15, 0.2) is 35.6 Å². The molecule has 3 aliphatic carbocycles. The van der Waals surface area contributed by atoms with Gasteiger partial charge in [-0.1, -0.05) is 0 Å². The summed E-state index contributed by atoms with van der Waals surface area (Å²) in [5.41, 5.74) is 0.341. The molecule has 31 heavy (non-hydrogen) atoms. The van der Waals surface area contributed by atoms with E-state index in [1.54, 1.807) is 18.3 Å². The lowest BCUT2D eigenvalue weighted by Gasteiger charge is -2.69. The largest absolute Gasteiger partial charge is 0.477 e. The zero-order chi connectivity index (χ0) is 21.8. The Bertz CT molecular complexity index is 1100. The predicted molar refractivity (Wildman–Crippen MR) is 107 cm³/mol. The number of carbonyl (C=O) groups excluding carboxylic acids is 1. The van der Waals surface area contributed by atoms with E-state index in [2.05, 4.69) is 10.1 Å². The molecule has 6 nitrogen and oxygen atoms in total. The highest BCUT2D eigenvalue weighted by molar-refractivity contribution is 5.88. The van der Waals surface area contributed by atoms with Gasteiger partial charge in [0.05, 0.1) is 23.6 Å². The molecular formula is C23H20F2N4O2. The van der Waals surface area contributed by atoms with Gasteiger partial charge in [0.1, 0.15) is 17.7 Å². The van der Waals surface area contributed by atoms with Gasteiger partial charge in [0.2, 0.25) is 11.8 Å². The van der Waals surface area contributed by atoms with Crippen molar-refractivity contribution in [3.63, 3.8) is 0 Å². The van der Waals surface area contributed by atoms with Crippen LogP contribution >= 0.6 is 0 Å². The number of amides is 1. The lowest BCUT2D eigenvalue weighted by atomic mass is 9.35. The van der Waals surface area contributed by atoms with Crippen molar-refractivity contribution in [3.8, 4) is 11.9 Å². The average molecular weight is 422 g/mol. The Kier molecular flexibility index (Phi) is 4.33. The maximum absolute atomic E-state index is 14.0. The van der Waals surface area contributed by atoms with Gasteiger partial charge in [-0.15, -0.1) is 0 Å². The molecule has 3 saturated carbocycles. The second kappa shape index (κ2) is 6.84. The lowest BCUT2D eigenvalue weighted by molar-refractivity contribution is -0.227. The van der Waals surface area contributed by atoms with Crippen molar-refractivity contribution in [2.45, 2.75) is 38.6 Å². The first-order valence-electron chi connectivity index (χ1n) is 10.2. The third-order valence-corrected chi connectivity index (χ3v) is 6.71. The number of nitrogens with zero attached hydrogens (tertiary/aromatic N) is 4. The molecule has 0 spiro atoms. The summed E-state index contributed by atoms with van der Waals surface area (Å²) in [5, 5.41) is 14.5. The van der Waals surface area contributed by atoms with E-state index >= 15 is 0 Å². The highest BCUT2D eigenvalue weighted by Gasteiger charge is 2.73. The summed E-state index contributed by atoms with van der Waals surface area (Å²) in [5.74, 6) is -0.873. The van der Waals surface area contributed by atoms with Crippen molar-refractivity contribution in [2.24, 2.45) is 15.9 Å². The maximum atomic E-state index is 14.0. The van der Waals surface area contributed by atoms with Crippen molar-refractivity contribution in [1.82, 2.24) is 9.99 Å². The fourth-order valence-electron chi connectivity index (χ4n) is 5.12. The quantitative estimate of drug-likeness (QED) is 0.728. The van der Waals surface area contributed by atoms with Gasteiger partial charge in [0.25, 0.3) is 0 Å². The van der Waals surface area contributed by atoms with E-state index in [1.807, 2.05) is 6.07 Å². The zero-order valence-electron chi connectivity index (χ0n) is 16.9. The second-order valence-electron chi connectivity index (χ2n) is 8.91. The number of nitriles is 1. The van der Waals surface area contributed by atoms with Crippen molar-refractivity contribution in [3.05, 3.63) is 58.8 Å². The number of hydrazone groups is 1. The minimum atomic E-state index is -0.618. The van der Waals surface area contributed by atoms with Crippen molar-refractivity contribution >= 4 is 12.1 Å². The highest BCUT2D eigenvalue weighted by Crippen LogP contribution is 2.74. The van der Waals surface area contributed by atoms with E-state index < -0.39 is 23.1 Å². The summed E-state index contributed by atoms with van der Waals surface area (Å²) >= 11 is 0. The summed E-state index contributed by atoms with van der Waals surface area (Å²) in [4.78, 5) is 17.3. The molecule has 0 radical (unpaired) electrons. The summed E-state index contributed by atoms with van der Waals surface area (Å²) < 4.78 is 33.8. The standard InChI is InChI=1S/C23H20F2N4O2/c1-14-17(24)6-16(7-18(14)25)19-4-5-28-29(19)21(30)23-10-22(11-23,12-23)13-31-20-3-2-15(8-26)9-27-20/h2-3,5-7,9,19H,4,10-13H2,1H3/t19-,22?,23?/m0/s1. The van der Waals surface area contributed by atoms with Crippen LogP contribution in [0.5, 0.6) is 5.88 Å². The third-order valence-electron chi connectivity index (χ3n) is 6.71. The zero-order valence-corrected chi connectivity index (χ0v) is 16.9. The fourth-order valence-corrected chi connectivity index (χ4v) is 5.12. The summed E-state index contributed by atoms with van der Waals surface area (Å²) in [6.45, 7) is 1.85. The number of rotatable bonds is 5. The van der Waals surface area contributed by atoms with Gasteiger partial charge in [-0.3, -0.25) is 4.79 Å². The molecule has 8 heteroatoms. The molecule has 2 bridgehead atoms. The number of benzene rings is 1. The minimum Gasteiger partial charge on any atom is -0.477 e. The number of carbonyl (C=O) groups is 1. The van der Waals surface area contributed by atoms with Crippen LogP contribution in [0.3, 0.4) is 0 Å². The Labute approximate surface area is 178 Å². The molecule has 1 aromatic heterocycles. The molecule has 3 fully saturated rings. The van der Waals surface area contributed by atoms with Crippen LogP contribution < -0.4 is 4.74 Å². The Morgan fingerprint density at radius 2 is 2.00 bits per heavy atom. The molecular weight excluding hydrogens is 402 g/mol. The molecule has 1 amide bonds. The topological polar surface area (TPSA) is 78.6 Å². The molecule has 0 unspecified atom stereocenters. The second-order valence-corrected chi connectivity index (χ2v) is 8.91. The molecule has 1 atom stereocenters. The SMILES string of the molecule is Cc1c(F)cc([C@@H]2CC=NN2C(=O)C23CC(COc4ccc(C#N)cn4)(C2)C3)cc1F. The van der Waals surface area contributed by atoms with Crippen LogP contribution in [0.25, 0.3) is 0 Å². The van der Waals surface area contributed by atoms with E-state index in [4.69, 9.17) is 10.00 Å². The van der Waals surface area contributed by atoms with Crippen LogP contribution in [0.2, 0.25) is 0 Å². The van der Waals surface area contributed by atoms with Crippen LogP contribution in [-0.2, 0) is 4.79 Å². The number of ether oxygens (including phenoxy) is 1. The van der Waals surface area contributed by atoms with Crippen LogP contribution in [0.4, 0.5) is 8.78 Å². The molecule has 1 aliphatic heterocycles. The molecule has 158 valence electrons. The highest BCUT2D eigenvalue weighted by atomic mass is 19.1. The number of hydrogen-bond acceptors (Lipinski definition) is 5. The fraction of sp³-hybridized carbons (Fsp3) is 0.391. The van der Waals surface area contributed by atoms with Gasteiger partial charge in [-0.25, -0.2) is 18.8 Å². The summed E-state index contributed by atoms with van der Waals surface area (Å²) in [6.07, 6.45) is 5.62. The van der Waals surface area contributed by atoms with E-state index in [-0.39, 0.29) is 16.9 Å². The monoisotopic (exact) mass is 422 g/mol. The third kappa shape index (κ3) is 3.07. The van der Waals surface area contributed by atoms with Gasteiger partial charge in [-0.05, 0) is 49.9 Å². The van der Waals surface area contributed by atoms with Crippen LogP contribution in [-0.4, -0.2) is 28.7 Å². The predicted octanol–water partition coefficient (Wildman–Crippen LogP) is 4.05. The van der Waals surface area contributed by atoms with Crippen molar-refractivity contribution < 1.29 is 18.3 Å². The van der Waals surface area contributed by atoms with E-state index in [1.165, 1.54) is 30.3 Å². The number of halogens is 2. The van der Waals surface area contributed by atoms with Gasteiger partial charge in [-0.2, -0.15) is 10.4 Å². The van der Waals surface area contributed by atoms with Crippen molar-refractivity contribution in [1.29, 1.82) is 5.26 Å². The van der Waals surface area contributed by atoms with Gasteiger partial charge < -0.3 is 4.74 Å². The van der Waals surface area contributed by atoms with Gasteiger partial charge in [0.15, 0.2) is 0 Å². The molecule has 1 aromatic carbocycles. The first kappa shape index (κ1) is 19.6. The lowest BCUT2D eigenvalue weighted by Crippen LogP contribution is -2.69. The molecule has 4 aliphatic rings. The van der Waals surface area contributed by atoms with Crippen LogP contribution in [0.1, 0.15) is 48.4 Å². The summed E-state index contributed by atoms with van der Waals surface area (Å²) in [7, 11) is 0. The van der Waals surface area contributed by atoms with E-state index in [0.29, 0.717) is 49.3 Å². The molecule has 0 saturated heterocycles. The number of pyridine rings is 1. The maximum Gasteiger partial charge on any atom is 0.249 e. The van der Waals surface area contributed by atoms with E-state index in [0.717, 1.165) is 0 Å². The molecule has 6 rings (SSSR count). The van der Waals surface area contributed by atoms with Gasteiger partial charge >= 0.3 is 0 Å². The minimum absolute atomic E-state index is 0.0290. The first-order chi connectivity index (χ1) is 14.8. The Morgan fingerprint density at radius 3 is 2.61 bits per heavy atom. The van der Waals surface area contributed by atoms with Crippen LogP contribution in [0, 0.1) is 40.7 Å². The normalized spacial score (nSPS) is 27.9. The molecule has 2 aromatic rings. The smallest absolute Gasteiger partial charge is 0.249 e. The Balaban J connectivity index is 1.23. The number of aromatic nitrogens is 1. The Hall–Kier alpha value is -3.34. The first-order valence-corrected chi connectivity index (χ1v) is 10.2. The molecule has 0 N–H and O–H groups in total.